The van der Waals surface area contributed by atoms with E-state index in [4.69, 9.17) is 0 Å². The van der Waals surface area contributed by atoms with Gasteiger partial charge in [-0.25, -0.2) is 8.42 Å². The summed E-state index contributed by atoms with van der Waals surface area (Å²) >= 11 is 0. The van der Waals surface area contributed by atoms with Crippen molar-refractivity contribution in [1.29, 1.82) is 0 Å². The van der Waals surface area contributed by atoms with Crippen LogP contribution in [0.15, 0.2) is 29.2 Å². The smallest absolute Gasteiger partial charge is 0.341 e. The van der Waals surface area contributed by atoms with E-state index in [9.17, 15) is 22.0 Å². The van der Waals surface area contributed by atoms with Crippen LogP contribution in [-0.4, -0.2) is 26.1 Å². The van der Waals surface area contributed by atoms with Crippen molar-refractivity contribution in [3.8, 4) is 0 Å². The summed E-state index contributed by atoms with van der Waals surface area (Å²) in [6.45, 7) is 2.09. The predicted molar refractivity (Wildman–Crippen MR) is 78.5 cm³/mol. The van der Waals surface area contributed by atoms with Gasteiger partial charge in [0.2, 0.25) is 9.84 Å². The molecule has 1 aliphatic rings. The molecule has 1 fully saturated rings. The van der Waals surface area contributed by atoms with E-state index in [0.29, 0.717) is 5.92 Å². The average Bonchev–Trinajstić information content (AvgIpc) is 2.49. The standard InChI is InChI=1S/C15H19F2NO3S/c1-10-4-2-3-5-13(10)18-14(19)11-6-8-12(9-7-11)22(20,21)15(16)17/h6-10,13,15H,2-5H2,1H3,(H,18,19)/t10-,13-/m0/s1. The highest BCUT2D eigenvalue weighted by Gasteiger charge is 2.27. The topological polar surface area (TPSA) is 63.2 Å². The Morgan fingerprint density at radius 2 is 1.77 bits per heavy atom. The van der Waals surface area contributed by atoms with E-state index in [-0.39, 0.29) is 17.5 Å². The molecule has 0 unspecified atom stereocenters. The fourth-order valence-corrected chi connectivity index (χ4v) is 3.40. The molecule has 0 saturated heterocycles. The van der Waals surface area contributed by atoms with Crippen LogP contribution in [0, 0.1) is 5.92 Å². The highest BCUT2D eigenvalue weighted by atomic mass is 32.2. The summed E-state index contributed by atoms with van der Waals surface area (Å²) in [7, 11) is -4.62. The summed E-state index contributed by atoms with van der Waals surface area (Å²) in [6, 6.07) is 4.71. The van der Waals surface area contributed by atoms with Gasteiger partial charge < -0.3 is 5.32 Å². The molecule has 0 bridgehead atoms. The molecule has 0 spiro atoms. The third-order valence-corrected chi connectivity index (χ3v) is 5.51. The number of amides is 1. The van der Waals surface area contributed by atoms with Gasteiger partial charge >= 0.3 is 5.76 Å². The zero-order valence-corrected chi connectivity index (χ0v) is 13.1. The maximum atomic E-state index is 12.4. The summed E-state index contributed by atoms with van der Waals surface area (Å²) in [4.78, 5) is 11.7. The second-order valence-corrected chi connectivity index (χ2v) is 7.59. The van der Waals surface area contributed by atoms with E-state index in [1.165, 1.54) is 12.1 Å². The molecule has 0 aliphatic heterocycles. The van der Waals surface area contributed by atoms with Gasteiger partial charge in [0.25, 0.3) is 5.91 Å². The van der Waals surface area contributed by atoms with Crippen molar-refractivity contribution in [2.45, 2.75) is 49.3 Å². The molecule has 2 rings (SSSR count). The van der Waals surface area contributed by atoms with Crippen molar-refractivity contribution >= 4 is 15.7 Å². The van der Waals surface area contributed by atoms with E-state index in [1.54, 1.807) is 0 Å². The fourth-order valence-electron chi connectivity index (χ4n) is 2.68. The van der Waals surface area contributed by atoms with Crippen molar-refractivity contribution in [2.24, 2.45) is 5.92 Å². The first-order chi connectivity index (χ1) is 10.3. The third kappa shape index (κ3) is 3.63. The van der Waals surface area contributed by atoms with Crippen LogP contribution >= 0.6 is 0 Å². The second kappa shape index (κ2) is 6.73. The van der Waals surface area contributed by atoms with Crippen molar-refractivity contribution in [2.75, 3.05) is 0 Å². The second-order valence-electron chi connectivity index (χ2n) is 5.67. The molecular weight excluding hydrogens is 312 g/mol. The van der Waals surface area contributed by atoms with Crippen molar-refractivity contribution in [3.63, 3.8) is 0 Å². The molecule has 2 atom stereocenters. The van der Waals surface area contributed by atoms with Crippen molar-refractivity contribution < 1.29 is 22.0 Å². The Balaban J connectivity index is 2.08. The van der Waals surface area contributed by atoms with Gasteiger partial charge in [-0.3, -0.25) is 4.79 Å². The van der Waals surface area contributed by atoms with E-state index in [1.807, 2.05) is 0 Å². The van der Waals surface area contributed by atoms with Crippen LogP contribution in [0.1, 0.15) is 43.0 Å². The summed E-state index contributed by atoms with van der Waals surface area (Å²) in [5.74, 6) is -3.37. The van der Waals surface area contributed by atoms with Crippen molar-refractivity contribution in [1.82, 2.24) is 5.32 Å². The highest BCUT2D eigenvalue weighted by Crippen LogP contribution is 2.24. The summed E-state index contributed by atoms with van der Waals surface area (Å²) in [5, 5.41) is 2.93. The molecule has 0 heterocycles. The third-order valence-electron chi connectivity index (χ3n) is 4.11. The first-order valence-electron chi connectivity index (χ1n) is 7.25. The van der Waals surface area contributed by atoms with E-state index in [2.05, 4.69) is 12.2 Å². The van der Waals surface area contributed by atoms with Gasteiger partial charge in [0.05, 0.1) is 4.90 Å². The van der Waals surface area contributed by atoms with E-state index in [0.717, 1.165) is 37.8 Å². The normalized spacial score (nSPS) is 22.5. The molecular formula is C15H19F2NO3S. The summed E-state index contributed by atoms with van der Waals surface area (Å²) in [5.41, 5.74) is 0.269. The quantitative estimate of drug-likeness (QED) is 0.922. The number of nitrogens with one attached hydrogen (secondary N) is 1. The van der Waals surface area contributed by atoms with Gasteiger partial charge in [-0.05, 0) is 43.0 Å². The molecule has 1 N–H and O–H groups in total. The van der Waals surface area contributed by atoms with Crippen LogP contribution in [0.25, 0.3) is 0 Å². The number of hydrogen-bond acceptors (Lipinski definition) is 3. The minimum absolute atomic E-state index is 0.103. The Hall–Kier alpha value is -1.50. The van der Waals surface area contributed by atoms with Crippen LogP contribution in [0.2, 0.25) is 0 Å². The zero-order valence-electron chi connectivity index (χ0n) is 12.3. The minimum atomic E-state index is -4.62. The average molecular weight is 331 g/mol. The van der Waals surface area contributed by atoms with E-state index < -0.39 is 20.5 Å². The van der Waals surface area contributed by atoms with Crippen molar-refractivity contribution in [3.05, 3.63) is 29.8 Å². The maximum Gasteiger partial charge on any atom is 0.341 e. The Labute approximate surface area is 128 Å². The number of sulfone groups is 1. The van der Waals surface area contributed by atoms with Gasteiger partial charge in [-0.15, -0.1) is 0 Å². The van der Waals surface area contributed by atoms with Crippen LogP contribution in [0.5, 0.6) is 0 Å². The number of alkyl halides is 2. The molecule has 1 aromatic rings. The summed E-state index contributed by atoms with van der Waals surface area (Å²) in [6.07, 6.45) is 4.22. The lowest BCUT2D eigenvalue weighted by Crippen LogP contribution is -2.41. The predicted octanol–water partition coefficient (Wildman–Crippen LogP) is 2.99. The summed E-state index contributed by atoms with van der Waals surface area (Å²) < 4.78 is 47.5. The monoisotopic (exact) mass is 331 g/mol. The van der Waals surface area contributed by atoms with Crippen LogP contribution in [-0.2, 0) is 9.84 Å². The largest absolute Gasteiger partial charge is 0.349 e. The number of benzene rings is 1. The molecule has 1 saturated carbocycles. The molecule has 0 aromatic heterocycles. The number of carbonyl (C=O) groups is 1. The molecule has 1 aromatic carbocycles. The van der Waals surface area contributed by atoms with Gasteiger partial charge in [0.1, 0.15) is 0 Å². The fraction of sp³-hybridized carbons (Fsp3) is 0.533. The lowest BCUT2D eigenvalue weighted by Gasteiger charge is -2.29. The van der Waals surface area contributed by atoms with Crippen LogP contribution in [0.4, 0.5) is 8.78 Å². The maximum absolute atomic E-state index is 12.4. The van der Waals surface area contributed by atoms with Gasteiger partial charge in [-0.2, -0.15) is 8.78 Å². The number of carbonyl (C=O) groups excluding carboxylic acids is 1. The van der Waals surface area contributed by atoms with Gasteiger partial charge in [-0.1, -0.05) is 19.8 Å². The molecule has 1 amide bonds. The van der Waals surface area contributed by atoms with Crippen LogP contribution < -0.4 is 5.32 Å². The molecule has 0 radical (unpaired) electrons. The van der Waals surface area contributed by atoms with Crippen LogP contribution in [0.3, 0.4) is 0 Å². The van der Waals surface area contributed by atoms with Gasteiger partial charge in [0.15, 0.2) is 0 Å². The molecule has 122 valence electrons. The Morgan fingerprint density at radius 3 is 2.32 bits per heavy atom. The SMILES string of the molecule is C[C@H]1CCCC[C@@H]1NC(=O)c1ccc(S(=O)(=O)C(F)F)cc1. The lowest BCUT2D eigenvalue weighted by molar-refractivity contribution is 0.0910. The number of hydrogen-bond donors (Lipinski definition) is 1. The highest BCUT2D eigenvalue weighted by molar-refractivity contribution is 7.91. The Bertz CT molecular complexity index is 629. The Kier molecular flexibility index (Phi) is 5.16. The molecule has 1 aliphatic carbocycles. The lowest BCUT2D eigenvalue weighted by atomic mass is 9.86. The number of halogens is 2. The zero-order chi connectivity index (χ0) is 16.3. The number of rotatable bonds is 4. The minimum Gasteiger partial charge on any atom is -0.349 e. The van der Waals surface area contributed by atoms with Gasteiger partial charge in [0, 0.05) is 11.6 Å². The van der Waals surface area contributed by atoms with E-state index >= 15 is 0 Å². The molecule has 22 heavy (non-hydrogen) atoms. The first kappa shape index (κ1) is 16.9. The Morgan fingerprint density at radius 1 is 1.18 bits per heavy atom. The first-order valence-corrected chi connectivity index (χ1v) is 8.80. The molecule has 4 nitrogen and oxygen atoms in total. The molecule has 7 heteroatoms.